The average Bonchev–Trinajstić information content (AvgIpc) is 3.37. The molecule has 24 heavy (non-hydrogen) atoms. The van der Waals surface area contributed by atoms with E-state index in [1.165, 1.54) is 12.8 Å². The highest BCUT2D eigenvalue weighted by Crippen LogP contribution is 2.42. The van der Waals surface area contributed by atoms with Crippen LogP contribution in [0.4, 0.5) is 0 Å². The van der Waals surface area contributed by atoms with E-state index < -0.39 is 0 Å². The first-order chi connectivity index (χ1) is 11.7. The molecule has 0 unspecified atom stereocenters. The van der Waals surface area contributed by atoms with Gasteiger partial charge in [-0.05, 0) is 56.3 Å². The van der Waals surface area contributed by atoms with E-state index >= 15 is 0 Å². The SMILES string of the molecule is O=C(C1CCOCC1)N1CCC2(CC1)CO[C@H](COCC1CC1)C2. The maximum absolute atomic E-state index is 12.7. The monoisotopic (exact) mass is 337 g/mol. The van der Waals surface area contributed by atoms with Crippen LogP contribution in [0.25, 0.3) is 0 Å². The Balaban J connectivity index is 1.21. The van der Waals surface area contributed by atoms with E-state index in [1.54, 1.807) is 0 Å². The van der Waals surface area contributed by atoms with Crippen molar-refractivity contribution in [3.8, 4) is 0 Å². The van der Waals surface area contributed by atoms with Crippen molar-refractivity contribution in [2.24, 2.45) is 17.3 Å². The van der Waals surface area contributed by atoms with Crippen LogP contribution >= 0.6 is 0 Å². The third-order valence-electron chi connectivity index (χ3n) is 6.35. The van der Waals surface area contributed by atoms with Crippen LogP contribution in [0.1, 0.15) is 44.9 Å². The lowest BCUT2D eigenvalue weighted by atomic mass is 9.76. The van der Waals surface area contributed by atoms with E-state index in [0.29, 0.717) is 11.3 Å². The first-order valence-corrected chi connectivity index (χ1v) is 9.80. The molecule has 4 fully saturated rings. The van der Waals surface area contributed by atoms with Crippen LogP contribution in [-0.2, 0) is 19.0 Å². The molecular formula is C19H31NO4. The summed E-state index contributed by atoms with van der Waals surface area (Å²) in [6.07, 6.45) is 8.01. The second-order valence-corrected chi connectivity index (χ2v) is 8.33. The molecule has 3 aliphatic heterocycles. The van der Waals surface area contributed by atoms with Crippen LogP contribution in [0.3, 0.4) is 0 Å². The zero-order chi connectivity index (χ0) is 16.4. The van der Waals surface area contributed by atoms with Crippen molar-refractivity contribution < 1.29 is 19.0 Å². The van der Waals surface area contributed by atoms with Crippen molar-refractivity contribution in [1.82, 2.24) is 4.90 Å². The normalized spacial score (nSPS) is 30.8. The van der Waals surface area contributed by atoms with E-state index in [0.717, 1.165) is 84.1 Å². The fraction of sp³-hybridized carbons (Fsp3) is 0.947. The Bertz CT molecular complexity index is 437. The molecule has 0 aromatic heterocycles. The quantitative estimate of drug-likeness (QED) is 0.772. The summed E-state index contributed by atoms with van der Waals surface area (Å²) in [6.45, 7) is 5.80. The van der Waals surface area contributed by atoms with Gasteiger partial charge in [0.05, 0.1) is 19.3 Å². The van der Waals surface area contributed by atoms with Crippen molar-refractivity contribution in [2.75, 3.05) is 46.1 Å². The molecule has 1 spiro atoms. The van der Waals surface area contributed by atoms with E-state index in [1.807, 2.05) is 0 Å². The highest BCUT2D eigenvalue weighted by molar-refractivity contribution is 5.79. The van der Waals surface area contributed by atoms with E-state index in [9.17, 15) is 4.79 Å². The molecule has 4 rings (SSSR count). The molecule has 1 atom stereocenters. The molecule has 1 aliphatic carbocycles. The standard InChI is InChI=1S/C19H31NO4/c21-18(16-3-9-22-10-4-16)20-7-5-19(6-8-20)11-17(24-14-19)13-23-12-15-1-2-15/h15-17H,1-14H2/t17-/m0/s1. The first kappa shape index (κ1) is 16.8. The molecule has 1 amide bonds. The van der Waals surface area contributed by atoms with Gasteiger partial charge in [-0.15, -0.1) is 0 Å². The highest BCUT2D eigenvalue weighted by Gasteiger charge is 2.43. The fourth-order valence-electron chi connectivity index (χ4n) is 4.41. The number of hydrogen-bond donors (Lipinski definition) is 0. The molecule has 0 radical (unpaired) electrons. The Hall–Kier alpha value is -0.650. The number of ether oxygens (including phenoxy) is 3. The third-order valence-corrected chi connectivity index (χ3v) is 6.35. The Morgan fingerprint density at radius 2 is 1.83 bits per heavy atom. The molecule has 0 aromatic carbocycles. The van der Waals surface area contributed by atoms with Crippen LogP contribution in [0.5, 0.6) is 0 Å². The van der Waals surface area contributed by atoms with Crippen LogP contribution in [-0.4, -0.2) is 63.0 Å². The minimum atomic E-state index is 0.191. The summed E-state index contributed by atoms with van der Waals surface area (Å²) in [5.74, 6) is 1.37. The maximum atomic E-state index is 12.7. The molecule has 136 valence electrons. The van der Waals surface area contributed by atoms with Gasteiger partial charge in [0.1, 0.15) is 0 Å². The minimum Gasteiger partial charge on any atom is -0.381 e. The Kier molecular flexibility index (Phi) is 5.11. The molecule has 0 aromatic rings. The number of carbonyl (C=O) groups is 1. The Morgan fingerprint density at radius 3 is 2.54 bits per heavy atom. The minimum absolute atomic E-state index is 0.191. The summed E-state index contributed by atoms with van der Waals surface area (Å²) in [4.78, 5) is 14.7. The lowest BCUT2D eigenvalue weighted by Gasteiger charge is -2.40. The molecule has 5 nitrogen and oxygen atoms in total. The molecule has 4 aliphatic rings. The van der Waals surface area contributed by atoms with Crippen molar-refractivity contribution >= 4 is 5.91 Å². The first-order valence-electron chi connectivity index (χ1n) is 9.80. The second kappa shape index (κ2) is 7.30. The summed E-state index contributed by atoms with van der Waals surface area (Å²) in [6, 6.07) is 0. The topological polar surface area (TPSA) is 48.0 Å². The fourth-order valence-corrected chi connectivity index (χ4v) is 4.41. The predicted molar refractivity (Wildman–Crippen MR) is 89.7 cm³/mol. The smallest absolute Gasteiger partial charge is 0.225 e. The summed E-state index contributed by atoms with van der Waals surface area (Å²) in [5, 5.41) is 0. The van der Waals surface area contributed by atoms with Crippen molar-refractivity contribution in [1.29, 1.82) is 0 Å². The summed E-state index contributed by atoms with van der Waals surface area (Å²) < 4.78 is 17.2. The van der Waals surface area contributed by atoms with Crippen LogP contribution in [0, 0.1) is 17.3 Å². The summed E-state index contributed by atoms with van der Waals surface area (Å²) in [5.41, 5.74) is 0.292. The van der Waals surface area contributed by atoms with E-state index in [2.05, 4.69) is 4.90 Å². The molecule has 5 heteroatoms. The number of rotatable bonds is 5. The number of likely N-dealkylation sites (tertiary alicyclic amines) is 1. The number of carbonyl (C=O) groups excluding carboxylic acids is 1. The third kappa shape index (κ3) is 3.94. The maximum Gasteiger partial charge on any atom is 0.225 e. The van der Waals surface area contributed by atoms with Gasteiger partial charge >= 0.3 is 0 Å². The lowest BCUT2D eigenvalue weighted by molar-refractivity contribution is -0.140. The van der Waals surface area contributed by atoms with Crippen molar-refractivity contribution in [3.63, 3.8) is 0 Å². The predicted octanol–water partition coefficient (Wildman–Crippen LogP) is 2.24. The zero-order valence-electron chi connectivity index (χ0n) is 14.7. The van der Waals surface area contributed by atoms with Crippen molar-refractivity contribution in [3.05, 3.63) is 0 Å². The summed E-state index contributed by atoms with van der Waals surface area (Å²) >= 11 is 0. The molecule has 3 heterocycles. The van der Waals surface area contributed by atoms with E-state index in [4.69, 9.17) is 14.2 Å². The number of nitrogens with zero attached hydrogens (tertiary/aromatic N) is 1. The van der Waals surface area contributed by atoms with Gasteiger partial charge in [0.25, 0.3) is 0 Å². The van der Waals surface area contributed by atoms with E-state index in [-0.39, 0.29) is 12.0 Å². The van der Waals surface area contributed by atoms with Crippen LogP contribution < -0.4 is 0 Å². The van der Waals surface area contributed by atoms with Crippen LogP contribution in [0.15, 0.2) is 0 Å². The molecular weight excluding hydrogens is 306 g/mol. The Labute approximate surface area is 145 Å². The van der Waals surface area contributed by atoms with Gasteiger partial charge in [0.15, 0.2) is 0 Å². The molecule has 3 saturated heterocycles. The number of piperidine rings is 1. The van der Waals surface area contributed by atoms with Gasteiger partial charge in [-0.3, -0.25) is 4.79 Å². The Morgan fingerprint density at radius 1 is 1.08 bits per heavy atom. The zero-order valence-corrected chi connectivity index (χ0v) is 14.7. The molecule has 0 bridgehead atoms. The van der Waals surface area contributed by atoms with Gasteiger partial charge in [0.2, 0.25) is 5.91 Å². The van der Waals surface area contributed by atoms with Gasteiger partial charge in [-0.2, -0.15) is 0 Å². The number of amides is 1. The average molecular weight is 337 g/mol. The highest BCUT2D eigenvalue weighted by atomic mass is 16.5. The summed E-state index contributed by atoms with van der Waals surface area (Å²) in [7, 11) is 0. The number of hydrogen-bond acceptors (Lipinski definition) is 4. The van der Waals surface area contributed by atoms with Crippen LogP contribution in [0.2, 0.25) is 0 Å². The van der Waals surface area contributed by atoms with Gasteiger partial charge in [0, 0.05) is 38.8 Å². The second-order valence-electron chi connectivity index (χ2n) is 8.33. The van der Waals surface area contributed by atoms with Gasteiger partial charge in [-0.1, -0.05) is 0 Å². The van der Waals surface area contributed by atoms with Crippen molar-refractivity contribution in [2.45, 2.75) is 51.0 Å². The van der Waals surface area contributed by atoms with Gasteiger partial charge in [-0.25, -0.2) is 0 Å². The molecule has 0 N–H and O–H groups in total. The largest absolute Gasteiger partial charge is 0.381 e. The van der Waals surface area contributed by atoms with Gasteiger partial charge < -0.3 is 19.1 Å². The lowest BCUT2D eigenvalue weighted by Crippen LogP contribution is -2.46. The molecule has 1 saturated carbocycles.